The summed E-state index contributed by atoms with van der Waals surface area (Å²) in [4.78, 5) is 1.34. The van der Waals surface area contributed by atoms with Gasteiger partial charge in [0.2, 0.25) is 0 Å². The van der Waals surface area contributed by atoms with Gasteiger partial charge in [0.25, 0.3) is 0 Å². The van der Waals surface area contributed by atoms with Crippen molar-refractivity contribution in [2.45, 2.75) is 49.9 Å². The smallest absolute Gasteiger partial charge is 0.0681 e. The minimum atomic E-state index is 0.141. The van der Waals surface area contributed by atoms with Crippen LogP contribution in [-0.2, 0) is 6.61 Å². The van der Waals surface area contributed by atoms with Crippen molar-refractivity contribution < 1.29 is 5.11 Å². The maximum Gasteiger partial charge on any atom is 0.0681 e. The molecule has 1 nitrogen and oxygen atoms in total. The molecule has 1 N–H and O–H groups in total. The van der Waals surface area contributed by atoms with Crippen LogP contribution in [0.5, 0.6) is 0 Å². The first-order valence-electron chi connectivity index (χ1n) is 6.54. The Hall–Kier alpha value is -0.470. The van der Waals surface area contributed by atoms with Gasteiger partial charge in [0.15, 0.2) is 0 Å². The summed E-state index contributed by atoms with van der Waals surface area (Å²) in [5, 5.41) is 9.78. The number of aliphatic hydroxyl groups excluding tert-OH is 1. The number of hydrogen-bond acceptors (Lipinski definition) is 2. The van der Waals surface area contributed by atoms with Gasteiger partial charge in [-0.1, -0.05) is 26.0 Å². The van der Waals surface area contributed by atoms with Gasteiger partial charge < -0.3 is 5.11 Å². The van der Waals surface area contributed by atoms with Gasteiger partial charge in [-0.2, -0.15) is 0 Å². The van der Waals surface area contributed by atoms with Crippen molar-refractivity contribution in [2.75, 3.05) is 0 Å². The number of thioether (sulfide) groups is 1. The molecule has 1 aromatic rings. The van der Waals surface area contributed by atoms with Crippen LogP contribution >= 0.6 is 11.8 Å². The number of hydrogen-bond donors (Lipinski definition) is 1. The van der Waals surface area contributed by atoms with Crippen LogP contribution < -0.4 is 0 Å². The van der Waals surface area contributed by atoms with E-state index in [9.17, 15) is 0 Å². The molecule has 1 aliphatic rings. The molecule has 2 heteroatoms. The SMILES string of the molecule is CC1CC(C)CC(Sc2ccc(CO)cc2)C1. The van der Waals surface area contributed by atoms with E-state index in [1.807, 2.05) is 23.9 Å². The quantitative estimate of drug-likeness (QED) is 0.871. The minimum Gasteiger partial charge on any atom is -0.392 e. The zero-order valence-electron chi connectivity index (χ0n) is 10.7. The Kier molecular flexibility index (Phi) is 4.52. The standard InChI is InChI=1S/C15H22OS/c1-11-7-12(2)9-15(8-11)17-14-5-3-13(10-16)4-6-14/h3-6,11-12,15-16H,7-10H2,1-2H3. The summed E-state index contributed by atoms with van der Waals surface area (Å²) in [7, 11) is 0. The van der Waals surface area contributed by atoms with Gasteiger partial charge in [-0.3, -0.25) is 0 Å². The number of aliphatic hydroxyl groups is 1. The molecule has 94 valence electrons. The van der Waals surface area contributed by atoms with E-state index >= 15 is 0 Å². The second kappa shape index (κ2) is 5.92. The van der Waals surface area contributed by atoms with E-state index in [0.717, 1.165) is 22.6 Å². The summed E-state index contributed by atoms with van der Waals surface area (Å²) in [6, 6.07) is 8.33. The molecule has 0 radical (unpaired) electrons. The summed E-state index contributed by atoms with van der Waals surface area (Å²) >= 11 is 2.01. The largest absolute Gasteiger partial charge is 0.392 e. The van der Waals surface area contributed by atoms with Crippen molar-refractivity contribution in [3.05, 3.63) is 29.8 Å². The first kappa shape index (κ1) is 13.0. The summed E-state index contributed by atoms with van der Waals surface area (Å²) in [5.41, 5.74) is 1.000. The van der Waals surface area contributed by atoms with E-state index < -0.39 is 0 Å². The van der Waals surface area contributed by atoms with Gasteiger partial charge in [-0.15, -0.1) is 11.8 Å². The molecule has 1 fully saturated rings. The Morgan fingerprint density at radius 1 is 1.06 bits per heavy atom. The third-order valence-corrected chi connectivity index (χ3v) is 4.81. The molecule has 0 amide bonds. The van der Waals surface area contributed by atoms with Gasteiger partial charge in [-0.25, -0.2) is 0 Å². The van der Waals surface area contributed by atoms with E-state index in [2.05, 4.69) is 26.0 Å². The number of rotatable bonds is 3. The zero-order chi connectivity index (χ0) is 12.3. The lowest BCUT2D eigenvalue weighted by molar-refractivity contribution is 0.282. The average molecular weight is 250 g/mol. The molecule has 1 aliphatic carbocycles. The van der Waals surface area contributed by atoms with Crippen LogP contribution in [0.4, 0.5) is 0 Å². The molecule has 0 aliphatic heterocycles. The summed E-state index contributed by atoms with van der Waals surface area (Å²) in [6.07, 6.45) is 4.08. The first-order valence-corrected chi connectivity index (χ1v) is 7.41. The fourth-order valence-electron chi connectivity index (χ4n) is 2.84. The monoisotopic (exact) mass is 250 g/mol. The molecule has 2 unspecified atom stereocenters. The van der Waals surface area contributed by atoms with Gasteiger partial charge in [0, 0.05) is 10.1 Å². The van der Waals surface area contributed by atoms with Crippen LogP contribution in [0, 0.1) is 11.8 Å². The third-order valence-electron chi connectivity index (χ3n) is 3.54. The van der Waals surface area contributed by atoms with Crippen molar-refractivity contribution in [2.24, 2.45) is 11.8 Å². The maximum atomic E-state index is 9.01. The number of benzene rings is 1. The highest BCUT2D eigenvalue weighted by atomic mass is 32.2. The lowest BCUT2D eigenvalue weighted by atomic mass is 9.83. The highest BCUT2D eigenvalue weighted by Gasteiger charge is 2.24. The van der Waals surface area contributed by atoms with Crippen molar-refractivity contribution in [3.63, 3.8) is 0 Å². The van der Waals surface area contributed by atoms with Crippen molar-refractivity contribution in [1.82, 2.24) is 0 Å². The first-order chi connectivity index (χ1) is 8.17. The van der Waals surface area contributed by atoms with Crippen molar-refractivity contribution in [3.8, 4) is 0 Å². The minimum absolute atomic E-state index is 0.141. The highest BCUT2D eigenvalue weighted by molar-refractivity contribution is 8.00. The van der Waals surface area contributed by atoms with Crippen molar-refractivity contribution in [1.29, 1.82) is 0 Å². The Morgan fingerprint density at radius 3 is 2.18 bits per heavy atom. The predicted octanol–water partition coefficient (Wildman–Crippen LogP) is 4.10. The van der Waals surface area contributed by atoms with Gasteiger partial charge in [0.1, 0.15) is 0 Å². The van der Waals surface area contributed by atoms with E-state index in [1.54, 1.807) is 0 Å². The highest BCUT2D eigenvalue weighted by Crippen LogP contribution is 2.38. The van der Waals surface area contributed by atoms with E-state index in [4.69, 9.17) is 5.11 Å². The van der Waals surface area contributed by atoms with E-state index in [-0.39, 0.29) is 6.61 Å². The van der Waals surface area contributed by atoms with Crippen LogP contribution in [0.2, 0.25) is 0 Å². The topological polar surface area (TPSA) is 20.2 Å². The van der Waals surface area contributed by atoms with Gasteiger partial charge in [-0.05, 0) is 48.8 Å². The summed E-state index contributed by atoms with van der Waals surface area (Å²) in [5.74, 6) is 1.74. The predicted molar refractivity (Wildman–Crippen MR) is 74.2 cm³/mol. The molecule has 0 spiro atoms. The second-order valence-corrected chi connectivity index (χ2v) is 6.83. The summed E-state index contributed by atoms with van der Waals surface area (Å²) in [6.45, 7) is 4.89. The normalized spacial score (nSPS) is 29.2. The fraction of sp³-hybridized carbons (Fsp3) is 0.600. The molecule has 17 heavy (non-hydrogen) atoms. The molecule has 0 heterocycles. The molecular weight excluding hydrogens is 228 g/mol. The van der Waals surface area contributed by atoms with Gasteiger partial charge in [0.05, 0.1) is 6.61 Å². The lowest BCUT2D eigenvalue weighted by Crippen LogP contribution is -2.21. The van der Waals surface area contributed by atoms with Crippen LogP contribution in [0.1, 0.15) is 38.7 Å². The molecule has 2 atom stereocenters. The van der Waals surface area contributed by atoms with Gasteiger partial charge >= 0.3 is 0 Å². The molecule has 1 aromatic carbocycles. The Labute approximate surface area is 109 Å². The van der Waals surface area contributed by atoms with E-state index in [0.29, 0.717) is 0 Å². The van der Waals surface area contributed by atoms with Crippen LogP contribution in [-0.4, -0.2) is 10.4 Å². The van der Waals surface area contributed by atoms with Crippen molar-refractivity contribution >= 4 is 11.8 Å². The fourth-order valence-corrected chi connectivity index (χ4v) is 4.36. The Morgan fingerprint density at radius 2 is 1.65 bits per heavy atom. The molecule has 0 saturated heterocycles. The van der Waals surface area contributed by atoms with Crippen LogP contribution in [0.3, 0.4) is 0 Å². The molecule has 0 bridgehead atoms. The second-order valence-electron chi connectivity index (χ2n) is 5.46. The zero-order valence-corrected chi connectivity index (χ0v) is 11.5. The lowest BCUT2D eigenvalue weighted by Gasteiger charge is -2.31. The molecule has 2 rings (SSSR count). The van der Waals surface area contributed by atoms with Crippen LogP contribution in [0.25, 0.3) is 0 Å². The molecular formula is C15H22OS. The van der Waals surface area contributed by atoms with E-state index in [1.165, 1.54) is 24.2 Å². The maximum absolute atomic E-state index is 9.01. The van der Waals surface area contributed by atoms with Crippen LogP contribution in [0.15, 0.2) is 29.2 Å². The summed E-state index contributed by atoms with van der Waals surface area (Å²) < 4.78 is 0. The molecule has 0 aromatic heterocycles. The Balaban J connectivity index is 1.95. The molecule has 1 saturated carbocycles. The average Bonchev–Trinajstić information content (AvgIpc) is 2.28. The Bertz CT molecular complexity index is 336. The third kappa shape index (κ3) is 3.75.